The molecule has 1 atom stereocenters. The minimum Gasteiger partial charge on any atom is -0.486 e. The Bertz CT molecular complexity index is 390. The molecule has 1 aromatic rings. The lowest BCUT2D eigenvalue weighted by Gasteiger charge is -2.29. The molecule has 0 saturated heterocycles. The van der Waals surface area contributed by atoms with Crippen LogP contribution < -0.4 is 9.47 Å². The zero-order valence-electron chi connectivity index (χ0n) is 10.1. The van der Waals surface area contributed by atoms with E-state index in [1.54, 1.807) is 12.1 Å². The summed E-state index contributed by atoms with van der Waals surface area (Å²) in [4.78, 5) is 2.13. The summed E-state index contributed by atoms with van der Waals surface area (Å²) in [6.07, 6.45) is 0.0388. The Morgan fingerprint density at radius 3 is 2.89 bits per heavy atom. The van der Waals surface area contributed by atoms with E-state index in [-0.39, 0.29) is 18.5 Å². The monoisotopic (exact) mass is 311 g/mol. The summed E-state index contributed by atoms with van der Waals surface area (Å²) >= 11 is 11.6. The molecule has 2 rings (SSSR count). The fourth-order valence-electron chi connectivity index (χ4n) is 1.76. The highest BCUT2D eigenvalue weighted by molar-refractivity contribution is 6.30. The number of halogens is 3. The van der Waals surface area contributed by atoms with Crippen molar-refractivity contribution in [1.29, 1.82) is 0 Å². The predicted molar refractivity (Wildman–Crippen MR) is 76.8 cm³/mol. The maximum Gasteiger partial charge on any atom is 0.162 e. The summed E-state index contributed by atoms with van der Waals surface area (Å²) in [6, 6.07) is 5.41. The van der Waals surface area contributed by atoms with Crippen molar-refractivity contribution in [3.8, 4) is 11.5 Å². The number of nitrogens with zero attached hydrogens (tertiary/aromatic N) is 1. The lowest BCUT2D eigenvalue weighted by molar-refractivity contribution is 0.0669. The summed E-state index contributed by atoms with van der Waals surface area (Å²) in [6.45, 7) is 2.18. The van der Waals surface area contributed by atoms with Crippen LogP contribution in [-0.4, -0.2) is 43.6 Å². The Morgan fingerprint density at radius 2 is 2.17 bits per heavy atom. The van der Waals surface area contributed by atoms with Crippen molar-refractivity contribution < 1.29 is 9.47 Å². The number of fused-ring (bicyclic) bond motifs is 1. The maximum atomic E-state index is 5.88. The Labute approximate surface area is 123 Å². The van der Waals surface area contributed by atoms with E-state index in [1.165, 1.54) is 0 Å². The summed E-state index contributed by atoms with van der Waals surface area (Å²) in [5.41, 5.74) is 0. The number of hydrogen-bond donors (Lipinski definition) is 0. The third kappa shape index (κ3) is 4.09. The van der Waals surface area contributed by atoms with Gasteiger partial charge in [-0.15, -0.1) is 24.0 Å². The Kier molecular flexibility index (Phi) is 6.36. The van der Waals surface area contributed by atoms with Gasteiger partial charge in [0.15, 0.2) is 11.5 Å². The summed E-state index contributed by atoms with van der Waals surface area (Å²) < 4.78 is 11.5. The van der Waals surface area contributed by atoms with Gasteiger partial charge in [-0.3, -0.25) is 0 Å². The second-order valence-corrected chi connectivity index (χ2v) is 4.91. The van der Waals surface area contributed by atoms with Crippen molar-refractivity contribution >= 4 is 35.6 Å². The molecule has 0 fully saturated rings. The SMILES string of the molecule is CN(CCCl)CC1COc2cc(Cl)ccc2O1.Cl. The van der Waals surface area contributed by atoms with Crippen LogP contribution in [0.2, 0.25) is 5.02 Å². The molecule has 1 aliphatic rings. The average Bonchev–Trinajstić information content (AvgIpc) is 2.29. The van der Waals surface area contributed by atoms with Crippen LogP contribution in [0.4, 0.5) is 0 Å². The van der Waals surface area contributed by atoms with E-state index in [9.17, 15) is 0 Å². The number of hydrogen-bond acceptors (Lipinski definition) is 3. The molecule has 102 valence electrons. The number of benzene rings is 1. The van der Waals surface area contributed by atoms with E-state index in [0.717, 1.165) is 18.8 Å². The minimum absolute atomic E-state index is 0. The van der Waals surface area contributed by atoms with E-state index in [4.69, 9.17) is 32.7 Å². The molecule has 0 amide bonds. The fraction of sp³-hybridized carbons (Fsp3) is 0.500. The highest BCUT2D eigenvalue weighted by Gasteiger charge is 2.22. The van der Waals surface area contributed by atoms with Gasteiger partial charge in [-0.25, -0.2) is 0 Å². The van der Waals surface area contributed by atoms with Crippen LogP contribution in [0.1, 0.15) is 0 Å². The fourth-order valence-corrected chi connectivity index (χ4v) is 2.21. The predicted octanol–water partition coefficient (Wildman–Crippen LogP) is 3.07. The molecular weight excluding hydrogens is 296 g/mol. The van der Waals surface area contributed by atoms with Gasteiger partial charge in [0.2, 0.25) is 0 Å². The number of alkyl halides is 1. The lowest BCUT2D eigenvalue weighted by Crippen LogP contribution is -2.40. The Morgan fingerprint density at radius 1 is 1.39 bits per heavy atom. The van der Waals surface area contributed by atoms with Crippen LogP contribution >= 0.6 is 35.6 Å². The van der Waals surface area contributed by atoms with E-state index in [1.807, 2.05) is 13.1 Å². The van der Waals surface area contributed by atoms with Gasteiger partial charge < -0.3 is 14.4 Å². The van der Waals surface area contributed by atoms with E-state index in [2.05, 4.69) is 4.90 Å². The standard InChI is InChI=1S/C12H15Cl2NO2.ClH/c1-15(5-4-13)7-10-8-16-12-6-9(14)2-3-11(12)17-10;/h2-3,6,10H,4-5,7-8H2,1H3;1H. The van der Waals surface area contributed by atoms with Crippen LogP contribution in [0.3, 0.4) is 0 Å². The molecule has 0 saturated carbocycles. The highest BCUT2D eigenvalue weighted by Crippen LogP contribution is 2.34. The van der Waals surface area contributed by atoms with E-state index in [0.29, 0.717) is 23.3 Å². The molecule has 1 heterocycles. The highest BCUT2D eigenvalue weighted by atomic mass is 35.5. The van der Waals surface area contributed by atoms with Gasteiger partial charge in [0.05, 0.1) is 0 Å². The third-order valence-corrected chi connectivity index (χ3v) is 3.01. The van der Waals surface area contributed by atoms with Crippen molar-refractivity contribution in [1.82, 2.24) is 4.90 Å². The quantitative estimate of drug-likeness (QED) is 0.798. The van der Waals surface area contributed by atoms with Gasteiger partial charge in [0.1, 0.15) is 12.7 Å². The molecule has 1 aromatic carbocycles. The van der Waals surface area contributed by atoms with Crippen LogP contribution in [0, 0.1) is 0 Å². The topological polar surface area (TPSA) is 21.7 Å². The largest absolute Gasteiger partial charge is 0.486 e. The zero-order valence-corrected chi connectivity index (χ0v) is 12.4. The molecule has 0 aromatic heterocycles. The van der Waals surface area contributed by atoms with E-state index >= 15 is 0 Å². The van der Waals surface area contributed by atoms with Crippen molar-refractivity contribution in [3.05, 3.63) is 23.2 Å². The summed E-state index contributed by atoms with van der Waals surface area (Å²) in [7, 11) is 2.02. The van der Waals surface area contributed by atoms with Crippen LogP contribution in [0.15, 0.2) is 18.2 Å². The van der Waals surface area contributed by atoms with Crippen LogP contribution in [0.5, 0.6) is 11.5 Å². The first kappa shape index (κ1) is 15.7. The Hall–Kier alpha value is -0.350. The molecule has 1 unspecified atom stereocenters. The molecule has 3 nitrogen and oxygen atoms in total. The van der Waals surface area contributed by atoms with Crippen LogP contribution in [-0.2, 0) is 0 Å². The molecule has 1 aliphatic heterocycles. The molecule has 6 heteroatoms. The van der Waals surface area contributed by atoms with Crippen molar-refractivity contribution in [2.75, 3.05) is 32.6 Å². The van der Waals surface area contributed by atoms with Crippen molar-refractivity contribution in [3.63, 3.8) is 0 Å². The molecule has 0 aliphatic carbocycles. The molecule has 0 bridgehead atoms. The van der Waals surface area contributed by atoms with Gasteiger partial charge >= 0.3 is 0 Å². The minimum atomic E-state index is 0. The number of ether oxygens (including phenoxy) is 2. The summed E-state index contributed by atoms with van der Waals surface area (Å²) in [5, 5.41) is 0.657. The van der Waals surface area contributed by atoms with Crippen molar-refractivity contribution in [2.45, 2.75) is 6.10 Å². The average molecular weight is 313 g/mol. The lowest BCUT2D eigenvalue weighted by atomic mass is 10.2. The second-order valence-electron chi connectivity index (χ2n) is 4.09. The van der Waals surface area contributed by atoms with Gasteiger partial charge in [0.25, 0.3) is 0 Å². The third-order valence-electron chi connectivity index (χ3n) is 2.61. The first-order chi connectivity index (χ1) is 8.19. The molecule has 18 heavy (non-hydrogen) atoms. The number of rotatable bonds is 4. The van der Waals surface area contributed by atoms with Gasteiger partial charge in [-0.1, -0.05) is 11.6 Å². The summed E-state index contributed by atoms with van der Waals surface area (Å²) in [5.74, 6) is 2.09. The van der Waals surface area contributed by atoms with Gasteiger partial charge in [-0.05, 0) is 19.2 Å². The molecule has 0 spiro atoms. The van der Waals surface area contributed by atoms with Gasteiger partial charge in [0, 0.05) is 30.1 Å². The smallest absolute Gasteiger partial charge is 0.162 e. The number of likely N-dealkylation sites (N-methyl/N-ethyl adjacent to an activating group) is 1. The molecule has 0 N–H and O–H groups in total. The first-order valence-corrected chi connectivity index (χ1v) is 6.44. The first-order valence-electron chi connectivity index (χ1n) is 5.52. The second kappa shape index (κ2) is 7.29. The zero-order chi connectivity index (χ0) is 12.3. The maximum absolute atomic E-state index is 5.88. The molecular formula is C12H16Cl3NO2. The van der Waals surface area contributed by atoms with Crippen LogP contribution in [0.25, 0.3) is 0 Å². The molecule has 0 radical (unpaired) electrons. The Balaban J connectivity index is 0.00000162. The van der Waals surface area contributed by atoms with Crippen molar-refractivity contribution in [2.24, 2.45) is 0 Å². The normalized spacial score (nSPS) is 17.4. The van der Waals surface area contributed by atoms with E-state index < -0.39 is 0 Å². The van der Waals surface area contributed by atoms with Gasteiger partial charge in [-0.2, -0.15) is 0 Å².